The summed E-state index contributed by atoms with van der Waals surface area (Å²) < 4.78 is 11.5. The lowest BCUT2D eigenvalue weighted by molar-refractivity contribution is -0.0712. The number of ether oxygens (including phenoxy) is 2. The Hall–Kier alpha value is -1.71. The third-order valence-corrected chi connectivity index (χ3v) is 5.12. The lowest BCUT2D eigenvalue weighted by Crippen LogP contribution is -2.49. The summed E-state index contributed by atoms with van der Waals surface area (Å²) in [5.74, 6) is 0.230. The van der Waals surface area contributed by atoms with Gasteiger partial charge in [0.15, 0.2) is 11.5 Å². The molecule has 4 nitrogen and oxygen atoms in total. The topological polar surface area (TPSA) is 55.8 Å². The van der Waals surface area contributed by atoms with Gasteiger partial charge in [-0.25, -0.2) is 4.79 Å². The largest absolute Gasteiger partial charge is 0.493 e. The van der Waals surface area contributed by atoms with Gasteiger partial charge in [-0.15, -0.1) is 0 Å². The molecule has 3 rings (SSSR count). The molecule has 2 saturated carbocycles. The van der Waals surface area contributed by atoms with E-state index in [2.05, 4.69) is 0 Å². The fourth-order valence-corrected chi connectivity index (χ4v) is 3.74. The molecule has 0 amide bonds. The molecule has 114 valence electrons. The molecule has 0 bridgehead atoms. The van der Waals surface area contributed by atoms with Crippen LogP contribution in [0.5, 0.6) is 11.5 Å². The van der Waals surface area contributed by atoms with Crippen molar-refractivity contribution in [3.8, 4) is 11.5 Å². The molecule has 1 aromatic rings. The zero-order chi connectivity index (χ0) is 14.9. The van der Waals surface area contributed by atoms with E-state index in [0.717, 1.165) is 6.42 Å². The van der Waals surface area contributed by atoms with Crippen molar-refractivity contribution in [1.29, 1.82) is 0 Å². The van der Waals surface area contributed by atoms with Crippen LogP contribution in [0.15, 0.2) is 18.2 Å². The van der Waals surface area contributed by atoms with Gasteiger partial charge in [-0.1, -0.05) is 19.3 Å². The quantitative estimate of drug-likeness (QED) is 0.914. The average molecular weight is 290 g/mol. The maximum atomic E-state index is 11.1. The zero-order valence-electron chi connectivity index (χ0n) is 12.4. The van der Waals surface area contributed by atoms with Gasteiger partial charge in [0.25, 0.3) is 0 Å². The lowest BCUT2D eigenvalue weighted by Gasteiger charge is -2.51. The first-order valence-electron chi connectivity index (χ1n) is 7.73. The van der Waals surface area contributed by atoms with Crippen LogP contribution in [0.1, 0.15) is 55.3 Å². The van der Waals surface area contributed by atoms with Gasteiger partial charge in [-0.2, -0.15) is 0 Å². The smallest absolute Gasteiger partial charge is 0.335 e. The average Bonchev–Trinajstić information content (AvgIpc) is 2.52. The number of methoxy groups -OCH3 is 1. The highest BCUT2D eigenvalue weighted by atomic mass is 16.5. The van der Waals surface area contributed by atoms with Crippen molar-refractivity contribution in [2.45, 2.75) is 51.0 Å². The van der Waals surface area contributed by atoms with E-state index in [1.807, 2.05) is 0 Å². The van der Waals surface area contributed by atoms with E-state index in [1.165, 1.54) is 38.5 Å². The molecule has 1 unspecified atom stereocenters. The second-order valence-electron chi connectivity index (χ2n) is 6.24. The summed E-state index contributed by atoms with van der Waals surface area (Å²) in [7, 11) is 1.58. The molecule has 0 radical (unpaired) electrons. The van der Waals surface area contributed by atoms with Crippen molar-refractivity contribution >= 4 is 5.97 Å². The summed E-state index contributed by atoms with van der Waals surface area (Å²) in [5, 5.41) is 9.12. The van der Waals surface area contributed by atoms with Gasteiger partial charge in [-0.3, -0.25) is 0 Å². The van der Waals surface area contributed by atoms with Crippen LogP contribution in [-0.2, 0) is 0 Å². The molecule has 2 aliphatic carbocycles. The first kappa shape index (κ1) is 14.2. The van der Waals surface area contributed by atoms with Crippen LogP contribution in [0.2, 0.25) is 0 Å². The lowest BCUT2D eigenvalue weighted by atomic mass is 9.58. The second-order valence-corrected chi connectivity index (χ2v) is 6.24. The van der Waals surface area contributed by atoms with Gasteiger partial charge in [-0.05, 0) is 43.9 Å². The Bertz CT molecular complexity index is 532. The molecule has 21 heavy (non-hydrogen) atoms. The van der Waals surface area contributed by atoms with E-state index in [4.69, 9.17) is 14.6 Å². The fourth-order valence-electron chi connectivity index (χ4n) is 3.74. The maximum absolute atomic E-state index is 11.1. The summed E-state index contributed by atoms with van der Waals surface area (Å²) >= 11 is 0. The Kier molecular flexibility index (Phi) is 3.79. The Labute approximate surface area is 125 Å². The van der Waals surface area contributed by atoms with Gasteiger partial charge >= 0.3 is 5.97 Å². The van der Waals surface area contributed by atoms with Gasteiger partial charge in [0.05, 0.1) is 12.7 Å². The highest BCUT2D eigenvalue weighted by Crippen LogP contribution is 2.53. The molecule has 1 N–H and O–H groups in total. The molecule has 1 aromatic carbocycles. The molecule has 0 heterocycles. The van der Waals surface area contributed by atoms with Crippen molar-refractivity contribution < 1.29 is 19.4 Å². The monoisotopic (exact) mass is 290 g/mol. The third-order valence-electron chi connectivity index (χ3n) is 5.12. The number of rotatable bonds is 4. The molecular weight excluding hydrogens is 268 g/mol. The number of hydrogen-bond donors (Lipinski definition) is 1. The van der Waals surface area contributed by atoms with Gasteiger partial charge in [0.2, 0.25) is 0 Å². The summed E-state index contributed by atoms with van der Waals surface area (Å²) in [6, 6.07) is 4.80. The van der Waals surface area contributed by atoms with E-state index in [9.17, 15) is 4.79 Å². The SMILES string of the molecule is COc1ccc(C(=O)O)cc1OC1CCC12CCCCC2. The van der Waals surface area contributed by atoms with Crippen LogP contribution >= 0.6 is 0 Å². The molecular formula is C17H22O4. The van der Waals surface area contributed by atoms with E-state index in [1.54, 1.807) is 25.3 Å². The van der Waals surface area contributed by atoms with Crippen LogP contribution < -0.4 is 9.47 Å². The molecule has 2 fully saturated rings. The summed E-state index contributed by atoms with van der Waals surface area (Å²) in [5.41, 5.74) is 0.561. The summed E-state index contributed by atoms with van der Waals surface area (Å²) in [6.45, 7) is 0. The van der Waals surface area contributed by atoms with Crippen LogP contribution in [0.4, 0.5) is 0 Å². The highest BCUT2D eigenvalue weighted by molar-refractivity contribution is 5.88. The third kappa shape index (κ3) is 2.59. The van der Waals surface area contributed by atoms with E-state index >= 15 is 0 Å². The summed E-state index contributed by atoms with van der Waals surface area (Å²) in [4.78, 5) is 11.1. The standard InChI is InChI=1S/C17H22O4/c1-20-13-6-5-12(16(18)19)11-14(13)21-15-7-10-17(15)8-3-2-4-9-17/h5-6,11,15H,2-4,7-10H2,1H3,(H,18,19). The first-order chi connectivity index (χ1) is 10.1. The molecule has 0 aliphatic heterocycles. The first-order valence-corrected chi connectivity index (χ1v) is 7.73. The molecule has 4 heteroatoms. The van der Waals surface area contributed by atoms with E-state index in [-0.39, 0.29) is 11.7 Å². The predicted molar refractivity (Wildman–Crippen MR) is 79.1 cm³/mol. The number of carboxylic acids is 1. The number of carboxylic acid groups (broad SMARTS) is 1. The van der Waals surface area contributed by atoms with Gasteiger partial charge in [0, 0.05) is 5.41 Å². The Morgan fingerprint density at radius 3 is 2.52 bits per heavy atom. The predicted octanol–water partition coefficient (Wildman–Crippen LogP) is 3.89. The van der Waals surface area contributed by atoms with Crippen LogP contribution in [-0.4, -0.2) is 24.3 Å². The van der Waals surface area contributed by atoms with Crippen LogP contribution in [0, 0.1) is 5.41 Å². The zero-order valence-corrected chi connectivity index (χ0v) is 12.4. The Balaban J connectivity index is 1.80. The summed E-state index contributed by atoms with van der Waals surface area (Å²) in [6.07, 6.45) is 8.86. The maximum Gasteiger partial charge on any atom is 0.335 e. The minimum Gasteiger partial charge on any atom is -0.493 e. The van der Waals surface area contributed by atoms with Crippen molar-refractivity contribution in [2.24, 2.45) is 5.41 Å². The molecule has 2 aliphatic rings. The van der Waals surface area contributed by atoms with Crippen molar-refractivity contribution in [2.75, 3.05) is 7.11 Å². The minimum absolute atomic E-state index is 0.204. The van der Waals surface area contributed by atoms with Gasteiger partial charge in [0.1, 0.15) is 6.10 Å². The molecule has 0 aromatic heterocycles. The van der Waals surface area contributed by atoms with Crippen molar-refractivity contribution in [1.82, 2.24) is 0 Å². The molecule has 0 saturated heterocycles. The molecule has 1 atom stereocenters. The Morgan fingerprint density at radius 2 is 1.95 bits per heavy atom. The van der Waals surface area contributed by atoms with E-state index in [0.29, 0.717) is 16.9 Å². The van der Waals surface area contributed by atoms with Gasteiger partial charge < -0.3 is 14.6 Å². The Morgan fingerprint density at radius 1 is 1.19 bits per heavy atom. The highest BCUT2D eigenvalue weighted by Gasteiger charge is 2.48. The fraction of sp³-hybridized carbons (Fsp3) is 0.588. The molecule has 1 spiro atoms. The minimum atomic E-state index is -0.941. The van der Waals surface area contributed by atoms with E-state index < -0.39 is 5.97 Å². The number of carbonyl (C=O) groups is 1. The number of aromatic carboxylic acids is 1. The number of hydrogen-bond acceptors (Lipinski definition) is 3. The van der Waals surface area contributed by atoms with Crippen LogP contribution in [0.3, 0.4) is 0 Å². The number of benzene rings is 1. The second kappa shape index (κ2) is 5.58. The van der Waals surface area contributed by atoms with Crippen LogP contribution in [0.25, 0.3) is 0 Å². The van der Waals surface area contributed by atoms with Crippen molar-refractivity contribution in [3.63, 3.8) is 0 Å². The van der Waals surface area contributed by atoms with Crippen molar-refractivity contribution in [3.05, 3.63) is 23.8 Å². The normalized spacial score (nSPS) is 23.4.